The highest BCUT2D eigenvalue weighted by atomic mass is 79.9. The van der Waals surface area contributed by atoms with Gasteiger partial charge in [0.25, 0.3) is 0 Å². The van der Waals surface area contributed by atoms with Crippen LogP contribution in [0.15, 0.2) is 46.9 Å². The second-order valence-electron chi connectivity index (χ2n) is 4.06. The number of nitrogens with one attached hydrogen (secondary N) is 1. The molecule has 4 heteroatoms. The lowest BCUT2D eigenvalue weighted by atomic mass is 10.1. The van der Waals surface area contributed by atoms with Crippen LogP contribution in [0.2, 0.25) is 5.02 Å². The van der Waals surface area contributed by atoms with Crippen molar-refractivity contribution < 1.29 is 5.11 Å². The van der Waals surface area contributed by atoms with Gasteiger partial charge in [-0.15, -0.1) is 0 Å². The number of phenolic OH excluding ortho intramolecular Hbond substituents is 1. The normalized spacial score (nSPS) is 12.2. The molecule has 0 aromatic heterocycles. The van der Waals surface area contributed by atoms with E-state index in [-0.39, 0.29) is 11.8 Å². The second-order valence-corrected chi connectivity index (χ2v) is 5.26. The Morgan fingerprint density at radius 1 is 1.22 bits per heavy atom. The molecule has 0 amide bonds. The van der Waals surface area contributed by atoms with Crippen molar-refractivity contribution in [1.82, 2.24) is 0 Å². The van der Waals surface area contributed by atoms with E-state index < -0.39 is 0 Å². The van der Waals surface area contributed by atoms with Crippen LogP contribution < -0.4 is 5.32 Å². The molecule has 2 rings (SSSR count). The molecule has 0 aliphatic carbocycles. The quantitative estimate of drug-likeness (QED) is 0.833. The van der Waals surface area contributed by atoms with Crippen LogP contribution >= 0.6 is 27.5 Å². The fourth-order valence-corrected chi connectivity index (χ4v) is 2.28. The highest BCUT2D eigenvalue weighted by Gasteiger charge is 2.09. The van der Waals surface area contributed by atoms with Gasteiger partial charge in [-0.2, -0.15) is 0 Å². The van der Waals surface area contributed by atoms with Crippen LogP contribution in [0.3, 0.4) is 0 Å². The van der Waals surface area contributed by atoms with E-state index in [1.165, 1.54) is 0 Å². The van der Waals surface area contributed by atoms with E-state index in [1.54, 1.807) is 12.1 Å². The Balaban J connectivity index is 2.21. The van der Waals surface area contributed by atoms with E-state index in [1.807, 2.05) is 37.3 Å². The Kier molecular flexibility index (Phi) is 4.15. The first-order valence-electron chi connectivity index (χ1n) is 5.57. The topological polar surface area (TPSA) is 32.3 Å². The van der Waals surface area contributed by atoms with Crippen molar-refractivity contribution in [3.63, 3.8) is 0 Å². The molecule has 2 N–H and O–H groups in total. The molecule has 0 spiro atoms. The summed E-state index contributed by atoms with van der Waals surface area (Å²) >= 11 is 9.49. The molecular weight excluding hydrogens is 314 g/mol. The van der Waals surface area contributed by atoms with Gasteiger partial charge in [-0.05, 0) is 52.7 Å². The van der Waals surface area contributed by atoms with E-state index in [9.17, 15) is 5.11 Å². The largest absolute Gasteiger partial charge is 0.508 e. The molecule has 0 saturated carbocycles. The summed E-state index contributed by atoms with van der Waals surface area (Å²) in [5, 5.41) is 13.5. The molecular formula is C14H13BrClNO. The summed E-state index contributed by atoms with van der Waals surface area (Å²) in [4.78, 5) is 0. The van der Waals surface area contributed by atoms with Gasteiger partial charge in [-0.1, -0.05) is 29.8 Å². The maximum Gasteiger partial charge on any atom is 0.115 e. The predicted octanol–water partition coefficient (Wildman–Crippen LogP) is 4.98. The van der Waals surface area contributed by atoms with E-state index >= 15 is 0 Å². The van der Waals surface area contributed by atoms with Crippen LogP contribution in [0.25, 0.3) is 0 Å². The number of hydrogen-bond donors (Lipinski definition) is 2. The van der Waals surface area contributed by atoms with Gasteiger partial charge < -0.3 is 10.4 Å². The van der Waals surface area contributed by atoms with Gasteiger partial charge in [-0.25, -0.2) is 0 Å². The highest BCUT2D eigenvalue weighted by Crippen LogP contribution is 2.32. The molecule has 1 unspecified atom stereocenters. The maximum atomic E-state index is 9.47. The number of rotatable bonds is 3. The number of phenols is 1. The lowest BCUT2D eigenvalue weighted by Gasteiger charge is -2.17. The number of aromatic hydroxyl groups is 1. The minimum atomic E-state index is 0.0758. The zero-order chi connectivity index (χ0) is 13.1. The van der Waals surface area contributed by atoms with Gasteiger partial charge in [0.15, 0.2) is 0 Å². The summed E-state index contributed by atoms with van der Waals surface area (Å²) in [6.07, 6.45) is 0. The summed E-state index contributed by atoms with van der Waals surface area (Å²) in [7, 11) is 0. The number of benzene rings is 2. The third kappa shape index (κ3) is 2.98. The lowest BCUT2D eigenvalue weighted by molar-refractivity contribution is 0.474. The first-order chi connectivity index (χ1) is 8.58. The van der Waals surface area contributed by atoms with Crippen LogP contribution in [0.4, 0.5) is 5.69 Å². The smallest absolute Gasteiger partial charge is 0.115 e. The van der Waals surface area contributed by atoms with Gasteiger partial charge in [0.2, 0.25) is 0 Å². The fraction of sp³-hybridized carbons (Fsp3) is 0.143. The third-order valence-electron chi connectivity index (χ3n) is 2.69. The highest BCUT2D eigenvalue weighted by molar-refractivity contribution is 9.10. The lowest BCUT2D eigenvalue weighted by Crippen LogP contribution is -2.06. The van der Waals surface area contributed by atoms with E-state index in [0.29, 0.717) is 5.02 Å². The SMILES string of the molecule is CC(Nc1cccc(Cl)c1Br)c1cccc(O)c1. The van der Waals surface area contributed by atoms with Crippen LogP contribution in [-0.2, 0) is 0 Å². The fourth-order valence-electron chi connectivity index (χ4n) is 1.73. The first-order valence-corrected chi connectivity index (χ1v) is 6.74. The minimum Gasteiger partial charge on any atom is -0.508 e. The van der Waals surface area contributed by atoms with E-state index in [4.69, 9.17) is 11.6 Å². The molecule has 2 nitrogen and oxygen atoms in total. The molecule has 0 aliphatic heterocycles. The Morgan fingerprint density at radius 2 is 1.94 bits per heavy atom. The van der Waals surface area contributed by atoms with Gasteiger partial charge in [0.05, 0.1) is 15.2 Å². The molecule has 0 bridgehead atoms. The van der Waals surface area contributed by atoms with Crippen LogP contribution in [0.5, 0.6) is 5.75 Å². The number of hydrogen-bond acceptors (Lipinski definition) is 2. The molecule has 1 atom stereocenters. The summed E-state index contributed by atoms with van der Waals surface area (Å²) in [5.74, 6) is 0.270. The first kappa shape index (κ1) is 13.2. The summed E-state index contributed by atoms with van der Waals surface area (Å²) in [6, 6.07) is 13.0. The second kappa shape index (κ2) is 5.63. The maximum absolute atomic E-state index is 9.47. The van der Waals surface area contributed by atoms with Crippen LogP contribution in [0, 0.1) is 0 Å². The molecule has 0 fully saturated rings. The molecule has 0 radical (unpaired) electrons. The van der Waals surface area contributed by atoms with Crippen molar-refractivity contribution in [2.75, 3.05) is 5.32 Å². The average molecular weight is 327 g/mol. The third-order valence-corrected chi connectivity index (χ3v) is 4.09. The Morgan fingerprint density at radius 3 is 2.67 bits per heavy atom. The number of anilines is 1. The Hall–Kier alpha value is -1.19. The average Bonchev–Trinajstić information content (AvgIpc) is 2.35. The van der Waals surface area contributed by atoms with Crippen molar-refractivity contribution in [2.24, 2.45) is 0 Å². The zero-order valence-electron chi connectivity index (χ0n) is 9.82. The van der Waals surface area contributed by atoms with Crippen LogP contribution in [0.1, 0.15) is 18.5 Å². The van der Waals surface area contributed by atoms with Crippen molar-refractivity contribution in [3.05, 3.63) is 57.5 Å². The zero-order valence-corrected chi connectivity index (χ0v) is 12.2. The summed E-state index contributed by atoms with van der Waals surface area (Å²) < 4.78 is 0.846. The molecule has 2 aromatic rings. The monoisotopic (exact) mass is 325 g/mol. The van der Waals surface area contributed by atoms with E-state index in [0.717, 1.165) is 15.7 Å². The molecule has 0 aliphatic rings. The van der Waals surface area contributed by atoms with Crippen molar-refractivity contribution in [3.8, 4) is 5.75 Å². The summed E-state index contributed by atoms with van der Waals surface area (Å²) in [5.41, 5.74) is 1.94. The van der Waals surface area contributed by atoms with Gasteiger partial charge in [0, 0.05) is 6.04 Å². The molecule has 18 heavy (non-hydrogen) atoms. The molecule has 2 aromatic carbocycles. The predicted molar refractivity (Wildman–Crippen MR) is 79.3 cm³/mol. The van der Waals surface area contributed by atoms with Gasteiger partial charge >= 0.3 is 0 Å². The number of halogens is 2. The van der Waals surface area contributed by atoms with Gasteiger partial charge in [-0.3, -0.25) is 0 Å². The molecule has 0 heterocycles. The Labute approximate surface area is 120 Å². The molecule has 94 valence electrons. The molecule has 0 saturated heterocycles. The van der Waals surface area contributed by atoms with Gasteiger partial charge in [0.1, 0.15) is 5.75 Å². The van der Waals surface area contributed by atoms with Crippen molar-refractivity contribution in [2.45, 2.75) is 13.0 Å². The van der Waals surface area contributed by atoms with Crippen molar-refractivity contribution >= 4 is 33.2 Å². The van der Waals surface area contributed by atoms with Crippen molar-refractivity contribution in [1.29, 1.82) is 0 Å². The minimum absolute atomic E-state index is 0.0758. The van der Waals surface area contributed by atoms with Crippen LogP contribution in [-0.4, -0.2) is 5.11 Å². The summed E-state index contributed by atoms with van der Waals surface area (Å²) in [6.45, 7) is 2.03. The van der Waals surface area contributed by atoms with E-state index in [2.05, 4.69) is 21.2 Å². The Bertz CT molecular complexity index is 559. The standard InChI is InChI=1S/C14H13BrClNO/c1-9(10-4-2-5-11(18)8-10)17-13-7-3-6-12(16)14(13)15/h2-9,17-18H,1H3.